The second-order valence-corrected chi connectivity index (χ2v) is 26.2. The summed E-state index contributed by atoms with van der Waals surface area (Å²) in [5.41, 5.74) is 30.1. The number of nitrogen functional groups attached to an aromatic ring is 4. The summed E-state index contributed by atoms with van der Waals surface area (Å²) in [7, 11) is 6.30. The zero-order valence-electron chi connectivity index (χ0n) is 58.3. The van der Waals surface area contributed by atoms with E-state index >= 15 is 0 Å². The highest BCUT2D eigenvalue weighted by Crippen LogP contribution is 2.62. The van der Waals surface area contributed by atoms with Crippen molar-refractivity contribution >= 4 is 58.0 Å². The molecule has 4 spiro atoms. The first kappa shape index (κ1) is 68.1. The van der Waals surface area contributed by atoms with Crippen LogP contribution in [0.25, 0.3) is 0 Å². The largest absolute Gasteiger partial charge is 0.497 e. The molecule has 26 heteroatoms. The lowest BCUT2D eigenvalue weighted by atomic mass is 9.77. The number of fused-ring (bicyclic) bond motifs is 24. The van der Waals surface area contributed by atoms with Gasteiger partial charge in [0.1, 0.15) is 69.0 Å². The number of para-hydroxylation sites is 2. The fraction of sp³-hybridized carbons (Fsp3) is 0.0952. The average Bonchev–Trinajstić information content (AvgIpc) is 1.55. The van der Waals surface area contributed by atoms with Crippen LogP contribution in [0.15, 0.2) is 231 Å². The molecule has 4 atom stereocenters. The zero-order valence-corrected chi connectivity index (χ0v) is 58.3. The lowest BCUT2D eigenvalue weighted by Crippen LogP contribution is -2.33. The molecule has 12 aromatic carbocycles. The fourth-order valence-electron chi connectivity index (χ4n) is 15.5. The van der Waals surface area contributed by atoms with Crippen molar-refractivity contribution in [1.82, 2.24) is 0 Å². The number of nitrogens with zero attached hydrogens (tertiary/aromatic N) is 2. The summed E-state index contributed by atoms with van der Waals surface area (Å²) in [5.74, 6) is 4.47. The smallest absolute Gasteiger partial charge is 0.340 e. The highest BCUT2D eigenvalue weighted by Gasteiger charge is 2.58. The van der Waals surface area contributed by atoms with Crippen LogP contribution in [0.3, 0.4) is 0 Å². The van der Waals surface area contributed by atoms with E-state index in [0.29, 0.717) is 153 Å². The predicted octanol–water partition coefficient (Wildman–Crippen LogP) is 15.2. The van der Waals surface area contributed by atoms with Crippen molar-refractivity contribution in [3.63, 3.8) is 0 Å². The second kappa shape index (κ2) is 25.3. The van der Waals surface area contributed by atoms with Crippen molar-refractivity contribution in [2.75, 3.05) is 51.4 Å². The Kier molecular flexibility index (Phi) is 15.7. The van der Waals surface area contributed by atoms with E-state index in [0.717, 1.165) is 16.7 Å². The van der Waals surface area contributed by atoms with Crippen molar-refractivity contribution < 1.29 is 85.9 Å². The van der Waals surface area contributed by atoms with Crippen LogP contribution in [0, 0.1) is 20.2 Å². The van der Waals surface area contributed by atoms with E-state index in [1.54, 1.807) is 149 Å². The van der Waals surface area contributed by atoms with Crippen LogP contribution in [-0.4, -0.2) is 62.2 Å². The van der Waals surface area contributed by atoms with Gasteiger partial charge in [-0.15, -0.1) is 0 Å². The van der Waals surface area contributed by atoms with Gasteiger partial charge in [-0.2, -0.15) is 0 Å². The van der Waals surface area contributed by atoms with Crippen LogP contribution in [0.2, 0.25) is 0 Å². The Morgan fingerprint density at radius 1 is 0.273 bits per heavy atom. The van der Waals surface area contributed by atoms with Gasteiger partial charge in [0.2, 0.25) is 0 Å². The Morgan fingerprint density at radius 2 is 0.536 bits per heavy atom. The molecule has 8 aliphatic heterocycles. The number of nitro groups is 2. The summed E-state index contributed by atoms with van der Waals surface area (Å²) >= 11 is 0. The van der Waals surface area contributed by atoms with Crippen LogP contribution in [0.5, 0.6) is 69.0 Å². The van der Waals surface area contributed by atoms with Gasteiger partial charge in [-0.05, 0) is 140 Å². The van der Waals surface area contributed by atoms with Crippen molar-refractivity contribution in [2.24, 2.45) is 0 Å². The maximum Gasteiger partial charge on any atom is 0.340 e. The molecule has 26 nitrogen and oxygen atoms in total. The topological polar surface area (TPSA) is 369 Å². The van der Waals surface area contributed by atoms with Gasteiger partial charge in [-0.1, -0.05) is 36.4 Å². The third kappa shape index (κ3) is 10.2. The van der Waals surface area contributed by atoms with Crippen molar-refractivity contribution in [3.8, 4) is 69.0 Å². The first-order chi connectivity index (χ1) is 53.1. The van der Waals surface area contributed by atoms with Gasteiger partial charge in [0, 0.05) is 138 Å². The predicted molar refractivity (Wildman–Crippen MR) is 396 cm³/mol. The lowest BCUT2D eigenvalue weighted by Gasteiger charge is -2.36. The van der Waals surface area contributed by atoms with E-state index in [4.69, 9.17) is 79.8 Å². The third-order valence-electron chi connectivity index (χ3n) is 20.3. The second-order valence-electron chi connectivity index (χ2n) is 26.2. The number of rotatable bonds is 6. The monoisotopic (exact) mass is 1470 g/mol. The minimum atomic E-state index is -1.33. The van der Waals surface area contributed by atoms with Crippen LogP contribution < -0.4 is 60.8 Å². The number of ether oxygens (including phenoxy) is 12. The van der Waals surface area contributed by atoms with E-state index in [-0.39, 0.29) is 28.7 Å². The van der Waals surface area contributed by atoms with Crippen LogP contribution in [0.4, 0.5) is 34.1 Å². The van der Waals surface area contributed by atoms with Crippen LogP contribution >= 0.6 is 0 Å². The van der Waals surface area contributed by atoms with Gasteiger partial charge in [0.05, 0.1) is 66.6 Å². The SMILES string of the molecule is COc1ccc2c(c1)C1(OC2=O)c2ccc(N)cc2Oc2cc([N+](=O)[O-])ccc21.COc1ccc2c(c1)C1(OC2=O)c2ccccc2Oc2cc(N)ccc21.COc1ccc2c(c1)Oc1cc(N)ccc1C21OC(=O)c2ccc(OC)cc21.Nc1ccc2c(c1)Oc1ccccc1C21OC(=O)c2cc([N+](=O)[O-])ccc21. The number of carbonyl (C=O) groups excluding carboxylic acids is 4. The van der Waals surface area contributed by atoms with Gasteiger partial charge in [0.15, 0.2) is 22.4 Å². The molecule has 0 bridgehead atoms. The van der Waals surface area contributed by atoms with Crippen LogP contribution in [0.1, 0.15) is 108 Å². The zero-order chi connectivity index (χ0) is 76.4. The molecule has 8 N–H and O–H groups in total. The van der Waals surface area contributed by atoms with Crippen LogP contribution in [-0.2, 0) is 41.4 Å². The number of nitrogens with two attached hydrogens (primary N) is 4. The summed E-state index contributed by atoms with van der Waals surface area (Å²) < 4.78 is 69.5. The molecule has 0 radical (unpaired) electrons. The number of anilines is 4. The standard InChI is InChI=1S/C22H17NO5.C21H14N2O6.C21H15NO4.C20H12N2O5/c1-25-13-4-6-15-18(10-13)22(28-21(15)24)16-7-3-12(23)9-19(16)27-20-11-14(26-2)5-8-17(20)22;1-27-13-4-5-14-17(10-13)21(29-20(14)24)15-6-2-11(22)8-18(15)28-19-9-12(23(25)26)3-7-16(19)21;1-24-13-7-8-14-17(11-13)21(26-20(14)23)15-4-2-3-5-18(15)25-19-10-12(22)6-9-16(19)21;21-11-5-7-16-18(9-11)26-17-4-2-1-3-15(17)20(16)14-8-6-12(22(24)25)10-13(14)19(23)27-20/h3-11H,23H2,1-2H3;2-10H,22H2,1H3;2-11H,22H2,1H3;1-10H,21H2. The summed E-state index contributed by atoms with van der Waals surface area (Å²) in [5, 5.41) is 22.4. The quantitative estimate of drug-likeness (QED) is 0.0395. The Morgan fingerprint density at radius 3 is 0.900 bits per heavy atom. The Bertz CT molecular complexity index is 6050. The molecule has 0 aromatic heterocycles. The van der Waals surface area contributed by atoms with E-state index < -0.39 is 50.2 Å². The first-order valence-electron chi connectivity index (χ1n) is 33.9. The minimum absolute atomic E-state index is 0.138. The highest BCUT2D eigenvalue weighted by atomic mass is 16.6. The molecular formula is C84H58N6O20. The number of hydrogen-bond acceptors (Lipinski definition) is 24. The Hall–Kier alpha value is -15.1. The van der Waals surface area contributed by atoms with Crippen molar-refractivity contribution in [1.29, 1.82) is 0 Å². The first-order valence-corrected chi connectivity index (χ1v) is 33.9. The molecule has 0 amide bonds. The molecular weight excluding hydrogens is 1410 g/mol. The minimum Gasteiger partial charge on any atom is -0.497 e. The highest BCUT2D eigenvalue weighted by molar-refractivity contribution is 6.00. The molecule has 0 saturated carbocycles. The normalized spacial score (nSPS) is 18.7. The molecule has 0 fully saturated rings. The Labute approximate surface area is 623 Å². The van der Waals surface area contributed by atoms with Gasteiger partial charge >= 0.3 is 23.9 Å². The molecule has 12 aromatic rings. The molecule has 0 saturated heterocycles. The van der Waals surface area contributed by atoms with Gasteiger partial charge in [0.25, 0.3) is 11.4 Å². The van der Waals surface area contributed by atoms with Crippen molar-refractivity contribution in [3.05, 3.63) is 340 Å². The van der Waals surface area contributed by atoms with Gasteiger partial charge in [-0.25, -0.2) is 19.2 Å². The fourth-order valence-corrected chi connectivity index (χ4v) is 15.5. The molecule has 4 unspecified atom stereocenters. The number of benzene rings is 12. The number of hydrogen-bond donors (Lipinski definition) is 4. The number of methoxy groups -OCH3 is 4. The van der Waals surface area contributed by atoms with E-state index in [9.17, 15) is 39.4 Å². The molecule has 0 aliphatic carbocycles. The molecule has 20 rings (SSSR count). The van der Waals surface area contributed by atoms with E-state index in [1.165, 1.54) is 31.4 Å². The molecule has 544 valence electrons. The Balaban J connectivity index is 0.000000107. The van der Waals surface area contributed by atoms with E-state index in [1.807, 2.05) is 78.9 Å². The summed E-state index contributed by atoms with van der Waals surface area (Å²) in [6.45, 7) is 0. The van der Waals surface area contributed by atoms with Gasteiger partial charge in [-0.3, -0.25) is 20.2 Å². The maximum absolute atomic E-state index is 12.8. The summed E-state index contributed by atoms with van der Waals surface area (Å²) in [4.78, 5) is 72.3. The van der Waals surface area contributed by atoms with Crippen molar-refractivity contribution in [2.45, 2.75) is 22.4 Å². The third-order valence-corrected chi connectivity index (χ3v) is 20.3. The maximum atomic E-state index is 12.8. The number of esters is 4. The average molecular weight is 1470 g/mol. The molecule has 110 heavy (non-hydrogen) atoms. The number of nitro benzene ring substituents is 2. The van der Waals surface area contributed by atoms with Gasteiger partial charge < -0.3 is 79.8 Å². The molecule has 8 aliphatic rings. The summed E-state index contributed by atoms with van der Waals surface area (Å²) in [6.07, 6.45) is 0. The van der Waals surface area contributed by atoms with E-state index in [2.05, 4.69) is 0 Å². The summed E-state index contributed by atoms with van der Waals surface area (Å²) in [6, 6.07) is 65.2. The molecule has 8 heterocycles. The lowest BCUT2D eigenvalue weighted by molar-refractivity contribution is -0.385. The number of carbonyl (C=O) groups is 4. The number of non-ortho nitro benzene ring substituents is 2.